The molecule has 1 aliphatic rings. The fourth-order valence-corrected chi connectivity index (χ4v) is 2.84. The van der Waals surface area contributed by atoms with Gasteiger partial charge in [-0.2, -0.15) is 0 Å². The summed E-state index contributed by atoms with van der Waals surface area (Å²) < 4.78 is 11.5. The van der Waals surface area contributed by atoms with Gasteiger partial charge in [0.25, 0.3) is 5.91 Å². The molecule has 0 unspecified atom stereocenters. The topological polar surface area (TPSA) is 76.7 Å². The van der Waals surface area contributed by atoms with Crippen molar-refractivity contribution in [1.29, 1.82) is 0 Å². The molecule has 7 heteroatoms. The van der Waals surface area contributed by atoms with E-state index in [1.807, 2.05) is 38.1 Å². The molecule has 0 radical (unpaired) electrons. The van der Waals surface area contributed by atoms with E-state index in [4.69, 9.17) is 21.1 Å². The molecule has 1 saturated heterocycles. The van der Waals surface area contributed by atoms with Crippen LogP contribution in [-0.4, -0.2) is 18.5 Å². The summed E-state index contributed by atoms with van der Waals surface area (Å²) in [4.78, 5) is 22.9. The van der Waals surface area contributed by atoms with E-state index in [0.29, 0.717) is 35.3 Å². The van der Waals surface area contributed by atoms with E-state index in [0.717, 1.165) is 5.56 Å². The number of carbonyl (C=O) groups excluding carboxylic acids is 2. The monoisotopic (exact) mass is 386 g/mol. The van der Waals surface area contributed by atoms with E-state index in [-0.39, 0.29) is 5.70 Å². The number of imide groups is 1. The lowest BCUT2D eigenvalue weighted by Crippen LogP contribution is -2.22. The Kier molecular flexibility index (Phi) is 5.66. The average Bonchev–Trinajstić information content (AvgIpc) is 2.93. The zero-order chi connectivity index (χ0) is 19.4. The number of urea groups is 1. The van der Waals surface area contributed by atoms with Gasteiger partial charge in [-0.25, -0.2) is 4.79 Å². The third-order valence-corrected chi connectivity index (χ3v) is 4.15. The number of benzene rings is 2. The van der Waals surface area contributed by atoms with Crippen molar-refractivity contribution in [2.75, 3.05) is 6.61 Å². The SMILES string of the molecule is CCOc1cc(/C=C2/NC(=O)NC2=O)cc(Cl)c1OCc1ccc(C)cc1. The number of rotatable bonds is 6. The van der Waals surface area contributed by atoms with E-state index < -0.39 is 11.9 Å². The highest BCUT2D eigenvalue weighted by molar-refractivity contribution is 6.32. The average molecular weight is 387 g/mol. The Bertz CT molecular complexity index is 907. The smallest absolute Gasteiger partial charge is 0.326 e. The molecule has 1 fully saturated rings. The number of hydrogen-bond acceptors (Lipinski definition) is 4. The van der Waals surface area contributed by atoms with Crippen molar-refractivity contribution in [3.05, 3.63) is 63.8 Å². The third-order valence-electron chi connectivity index (χ3n) is 3.87. The highest BCUT2D eigenvalue weighted by atomic mass is 35.5. The molecule has 27 heavy (non-hydrogen) atoms. The maximum absolute atomic E-state index is 11.7. The van der Waals surface area contributed by atoms with Gasteiger partial charge < -0.3 is 14.8 Å². The van der Waals surface area contributed by atoms with Crippen LogP contribution in [0.5, 0.6) is 11.5 Å². The first-order chi connectivity index (χ1) is 13.0. The molecule has 0 aliphatic carbocycles. The highest BCUT2D eigenvalue weighted by Gasteiger charge is 2.23. The van der Waals surface area contributed by atoms with Crippen LogP contribution in [0.2, 0.25) is 5.02 Å². The van der Waals surface area contributed by atoms with Crippen LogP contribution in [0.1, 0.15) is 23.6 Å². The number of ether oxygens (including phenoxy) is 2. The first-order valence-electron chi connectivity index (χ1n) is 8.45. The lowest BCUT2D eigenvalue weighted by atomic mass is 10.1. The lowest BCUT2D eigenvalue weighted by molar-refractivity contribution is -0.115. The summed E-state index contributed by atoms with van der Waals surface area (Å²) >= 11 is 6.39. The van der Waals surface area contributed by atoms with Crippen LogP contribution in [-0.2, 0) is 11.4 Å². The Morgan fingerprint density at radius 2 is 1.81 bits per heavy atom. The van der Waals surface area contributed by atoms with Gasteiger partial charge in [0.1, 0.15) is 12.3 Å². The molecule has 2 N–H and O–H groups in total. The first kappa shape index (κ1) is 18.8. The molecule has 0 saturated carbocycles. The molecular weight excluding hydrogens is 368 g/mol. The largest absolute Gasteiger partial charge is 0.490 e. The van der Waals surface area contributed by atoms with Gasteiger partial charge in [0.2, 0.25) is 0 Å². The van der Waals surface area contributed by atoms with Gasteiger partial charge in [-0.1, -0.05) is 41.4 Å². The fourth-order valence-electron chi connectivity index (χ4n) is 2.56. The molecule has 140 valence electrons. The van der Waals surface area contributed by atoms with Crippen LogP contribution >= 0.6 is 11.6 Å². The minimum atomic E-state index is -0.555. The predicted molar refractivity (Wildman–Crippen MR) is 103 cm³/mol. The minimum Gasteiger partial charge on any atom is -0.490 e. The van der Waals surface area contributed by atoms with Gasteiger partial charge in [0, 0.05) is 0 Å². The van der Waals surface area contributed by atoms with Crippen LogP contribution in [0.4, 0.5) is 4.79 Å². The zero-order valence-corrected chi connectivity index (χ0v) is 15.7. The van der Waals surface area contributed by atoms with Crippen molar-refractivity contribution in [3.8, 4) is 11.5 Å². The maximum atomic E-state index is 11.7. The molecule has 0 aromatic heterocycles. The van der Waals surface area contributed by atoms with Crippen LogP contribution in [0.15, 0.2) is 42.1 Å². The highest BCUT2D eigenvalue weighted by Crippen LogP contribution is 2.37. The summed E-state index contributed by atoms with van der Waals surface area (Å²) in [5.74, 6) is 0.406. The van der Waals surface area contributed by atoms with Gasteiger partial charge in [-0.15, -0.1) is 0 Å². The Balaban J connectivity index is 1.85. The normalized spacial score (nSPS) is 14.9. The molecule has 2 aromatic rings. The predicted octanol–water partition coefficient (Wildman–Crippen LogP) is 3.81. The molecule has 3 amide bonds. The van der Waals surface area contributed by atoms with E-state index in [9.17, 15) is 9.59 Å². The molecule has 2 aromatic carbocycles. The number of halogens is 1. The second-order valence-corrected chi connectivity index (χ2v) is 6.41. The summed E-state index contributed by atoms with van der Waals surface area (Å²) in [6, 6.07) is 10.8. The van der Waals surface area contributed by atoms with E-state index in [1.54, 1.807) is 12.1 Å². The van der Waals surface area contributed by atoms with Crippen molar-refractivity contribution in [2.24, 2.45) is 0 Å². The van der Waals surface area contributed by atoms with Gasteiger partial charge in [0.05, 0.1) is 11.6 Å². The molecular formula is C20H19ClN2O4. The lowest BCUT2D eigenvalue weighted by Gasteiger charge is -2.15. The fraction of sp³-hybridized carbons (Fsp3) is 0.200. The number of hydrogen-bond donors (Lipinski definition) is 2. The molecule has 0 spiro atoms. The molecule has 0 bridgehead atoms. The van der Waals surface area contributed by atoms with Gasteiger partial charge >= 0.3 is 6.03 Å². The summed E-state index contributed by atoms with van der Waals surface area (Å²) in [7, 11) is 0. The Morgan fingerprint density at radius 1 is 1.07 bits per heavy atom. The first-order valence-corrected chi connectivity index (χ1v) is 8.82. The summed E-state index contributed by atoms with van der Waals surface area (Å²) in [6.07, 6.45) is 1.53. The van der Waals surface area contributed by atoms with E-state index in [2.05, 4.69) is 10.6 Å². The van der Waals surface area contributed by atoms with E-state index in [1.165, 1.54) is 11.6 Å². The third kappa shape index (κ3) is 4.60. The van der Waals surface area contributed by atoms with Crippen LogP contribution < -0.4 is 20.1 Å². The van der Waals surface area contributed by atoms with Crippen LogP contribution in [0.3, 0.4) is 0 Å². The second-order valence-electron chi connectivity index (χ2n) is 6.00. The van der Waals surface area contributed by atoms with Gasteiger partial charge in [-0.05, 0) is 43.2 Å². The molecule has 6 nitrogen and oxygen atoms in total. The Morgan fingerprint density at radius 3 is 2.44 bits per heavy atom. The van der Waals surface area contributed by atoms with Crippen molar-refractivity contribution < 1.29 is 19.1 Å². The van der Waals surface area contributed by atoms with Gasteiger partial charge in [0.15, 0.2) is 11.5 Å². The standard InChI is InChI=1S/C20H19ClN2O4/c1-3-26-17-10-14(9-16-19(24)23-20(25)22-16)8-15(21)18(17)27-11-13-6-4-12(2)5-7-13/h4-10H,3,11H2,1-2H3,(H2,22,23,24,25)/b16-9+. The summed E-state index contributed by atoms with van der Waals surface area (Å²) in [5, 5.41) is 4.94. The van der Waals surface area contributed by atoms with Crippen LogP contribution in [0, 0.1) is 6.92 Å². The van der Waals surface area contributed by atoms with Crippen molar-refractivity contribution in [2.45, 2.75) is 20.5 Å². The quantitative estimate of drug-likeness (QED) is 0.584. The molecule has 0 atom stereocenters. The van der Waals surface area contributed by atoms with Gasteiger partial charge in [-0.3, -0.25) is 10.1 Å². The number of aryl methyl sites for hydroxylation is 1. The van der Waals surface area contributed by atoms with E-state index >= 15 is 0 Å². The minimum absolute atomic E-state index is 0.145. The molecule has 1 heterocycles. The van der Waals surface area contributed by atoms with Crippen molar-refractivity contribution >= 4 is 29.6 Å². The van der Waals surface area contributed by atoms with Crippen LogP contribution in [0.25, 0.3) is 6.08 Å². The summed E-state index contributed by atoms with van der Waals surface area (Å²) in [5.41, 5.74) is 2.94. The second kappa shape index (κ2) is 8.14. The zero-order valence-electron chi connectivity index (χ0n) is 15.0. The number of carbonyl (C=O) groups is 2. The number of nitrogens with one attached hydrogen (secondary N) is 2. The van der Waals surface area contributed by atoms with Crippen molar-refractivity contribution in [3.63, 3.8) is 0 Å². The summed E-state index contributed by atoms with van der Waals surface area (Å²) in [6.45, 7) is 4.65. The molecule has 1 aliphatic heterocycles. The Labute approximate surface area is 162 Å². The maximum Gasteiger partial charge on any atom is 0.326 e. The molecule has 3 rings (SSSR count). The Hall–Kier alpha value is -2.99. The number of amides is 3. The van der Waals surface area contributed by atoms with Crippen molar-refractivity contribution in [1.82, 2.24) is 10.6 Å².